The van der Waals surface area contributed by atoms with Gasteiger partial charge in [-0.3, -0.25) is 0 Å². The van der Waals surface area contributed by atoms with Gasteiger partial charge in [0, 0.05) is 7.11 Å². The van der Waals surface area contributed by atoms with Crippen LogP contribution in [0.2, 0.25) is 0 Å². The van der Waals surface area contributed by atoms with Crippen LogP contribution in [0.15, 0.2) is 24.3 Å². The molecule has 0 saturated heterocycles. The van der Waals surface area contributed by atoms with Crippen LogP contribution in [0.1, 0.15) is 56.1 Å². The van der Waals surface area contributed by atoms with Crippen LogP contribution in [0.3, 0.4) is 0 Å². The molecule has 2 fully saturated rings. The minimum absolute atomic E-state index is 0.254. The number of fused-ring (bicyclic) bond motifs is 5. The second-order valence-electron chi connectivity index (χ2n) is 8.27. The standard InChI is InChI=1S/C22H30O3/c1-14-5-8-19-17-7-6-15-11-21(25-13-23-3)20(24-4)12-18(15)16(17)9-10-22(14,19)2/h11-12,16-17,19H,1,5-10,13H2,2-4H3/t16?,17?,19?,22-/m1/s1. The summed E-state index contributed by atoms with van der Waals surface area (Å²) >= 11 is 0. The Hall–Kier alpha value is -1.48. The monoisotopic (exact) mass is 342 g/mol. The molecule has 25 heavy (non-hydrogen) atoms. The lowest BCUT2D eigenvalue weighted by atomic mass is 9.55. The highest BCUT2D eigenvalue weighted by Crippen LogP contribution is 2.62. The summed E-state index contributed by atoms with van der Waals surface area (Å²) in [7, 11) is 3.37. The molecule has 0 aromatic heterocycles. The molecule has 0 N–H and O–H groups in total. The van der Waals surface area contributed by atoms with E-state index in [1.165, 1.54) is 48.8 Å². The molecule has 136 valence electrons. The first-order valence-corrected chi connectivity index (χ1v) is 9.59. The molecule has 4 atom stereocenters. The van der Waals surface area contributed by atoms with Crippen LogP contribution in [0, 0.1) is 17.3 Å². The second-order valence-corrected chi connectivity index (χ2v) is 8.27. The Morgan fingerprint density at radius 1 is 1.12 bits per heavy atom. The van der Waals surface area contributed by atoms with Crippen molar-refractivity contribution in [1.29, 1.82) is 0 Å². The summed E-state index contributed by atoms with van der Waals surface area (Å²) in [5, 5.41) is 0. The minimum atomic E-state index is 0.254. The maximum atomic E-state index is 5.72. The highest BCUT2D eigenvalue weighted by Gasteiger charge is 2.52. The number of allylic oxidation sites excluding steroid dienone is 1. The first kappa shape index (κ1) is 17.0. The molecule has 4 rings (SSSR count). The Labute approximate surface area is 151 Å². The molecule has 3 aliphatic carbocycles. The van der Waals surface area contributed by atoms with Crippen molar-refractivity contribution in [2.45, 2.75) is 51.4 Å². The molecule has 2 saturated carbocycles. The van der Waals surface area contributed by atoms with Gasteiger partial charge in [-0.2, -0.15) is 0 Å². The van der Waals surface area contributed by atoms with E-state index in [-0.39, 0.29) is 6.79 Å². The van der Waals surface area contributed by atoms with Gasteiger partial charge in [-0.15, -0.1) is 0 Å². The maximum Gasteiger partial charge on any atom is 0.188 e. The summed E-state index contributed by atoms with van der Waals surface area (Å²) in [6.07, 6.45) is 7.54. The average molecular weight is 342 g/mol. The number of ether oxygens (including phenoxy) is 3. The Kier molecular flexibility index (Phi) is 4.31. The summed E-state index contributed by atoms with van der Waals surface area (Å²) < 4.78 is 16.4. The summed E-state index contributed by atoms with van der Waals surface area (Å²) in [6.45, 7) is 7.14. The van der Waals surface area contributed by atoms with Gasteiger partial charge in [-0.05, 0) is 85.0 Å². The van der Waals surface area contributed by atoms with Gasteiger partial charge >= 0.3 is 0 Å². The Balaban J connectivity index is 1.67. The number of hydrogen-bond donors (Lipinski definition) is 0. The quantitative estimate of drug-likeness (QED) is 0.563. The number of hydrogen-bond acceptors (Lipinski definition) is 3. The van der Waals surface area contributed by atoms with Crippen LogP contribution in [0.5, 0.6) is 11.5 Å². The molecule has 0 bridgehead atoms. The van der Waals surface area contributed by atoms with E-state index in [1.807, 2.05) is 0 Å². The van der Waals surface area contributed by atoms with Crippen molar-refractivity contribution in [3.05, 3.63) is 35.4 Å². The third kappa shape index (κ3) is 2.59. The molecule has 3 nitrogen and oxygen atoms in total. The first-order chi connectivity index (χ1) is 12.1. The van der Waals surface area contributed by atoms with Crippen LogP contribution >= 0.6 is 0 Å². The molecule has 1 aromatic rings. The highest BCUT2D eigenvalue weighted by atomic mass is 16.7. The van der Waals surface area contributed by atoms with Crippen molar-refractivity contribution in [2.24, 2.45) is 17.3 Å². The van der Waals surface area contributed by atoms with Crippen molar-refractivity contribution in [3.63, 3.8) is 0 Å². The van der Waals surface area contributed by atoms with E-state index in [9.17, 15) is 0 Å². The third-order valence-corrected chi connectivity index (χ3v) is 7.30. The highest BCUT2D eigenvalue weighted by molar-refractivity contribution is 5.50. The van der Waals surface area contributed by atoms with E-state index in [4.69, 9.17) is 14.2 Å². The summed E-state index contributed by atoms with van der Waals surface area (Å²) in [6, 6.07) is 4.42. The molecule has 0 spiro atoms. The van der Waals surface area contributed by atoms with Gasteiger partial charge in [0.2, 0.25) is 0 Å². The van der Waals surface area contributed by atoms with Crippen LogP contribution in [-0.4, -0.2) is 21.0 Å². The Bertz CT molecular complexity index is 680. The van der Waals surface area contributed by atoms with E-state index >= 15 is 0 Å². The van der Waals surface area contributed by atoms with Gasteiger partial charge in [0.05, 0.1) is 7.11 Å². The number of methoxy groups -OCH3 is 2. The number of rotatable bonds is 4. The van der Waals surface area contributed by atoms with Crippen molar-refractivity contribution >= 4 is 0 Å². The lowest BCUT2D eigenvalue weighted by molar-refractivity contribution is 0.0487. The van der Waals surface area contributed by atoms with E-state index < -0.39 is 0 Å². The fourth-order valence-corrected chi connectivity index (χ4v) is 5.88. The van der Waals surface area contributed by atoms with Gasteiger partial charge in [-0.1, -0.05) is 19.1 Å². The SMILES string of the molecule is C=C1CCC2C3CCc4cc(OCOC)c(OC)cc4C3CC[C@]12C. The number of benzene rings is 1. The zero-order valence-electron chi connectivity index (χ0n) is 15.8. The van der Waals surface area contributed by atoms with Crippen molar-refractivity contribution in [2.75, 3.05) is 21.0 Å². The molecule has 0 amide bonds. The van der Waals surface area contributed by atoms with E-state index in [2.05, 4.69) is 25.6 Å². The Morgan fingerprint density at radius 2 is 1.96 bits per heavy atom. The molecule has 3 unspecified atom stereocenters. The van der Waals surface area contributed by atoms with Crippen LogP contribution in [0.4, 0.5) is 0 Å². The van der Waals surface area contributed by atoms with E-state index in [0.717, 1.165) is 29.8 Å². The van der Waals surface area contributed by atoms with Crippen LogP contribution < -0.4 is 9.47 Å². The molecule has 0 aliphatic heterocycles. The molecular weight excluding hydrogens is 312 g/mol. The lowest BCUT2D eigenvalue weighted by Crippen LogP contribution is -2.40. The van der Waals surface area contributed by atoms with Gasteiger partial charge < -0.3 is 14.2 Å². The van der Waals surface area contributed by atoms with Crippen molar-refractivity contribution < 1.29 is 14.2 Å². The third-order valence-electron chi connectivity index (χ3n) is 7.30. The van der Waals surface area contributed by atoms with Gasteiger partial charge in [-0.25, -0.2) is 0 Å². The van der Waals surface area contributed by atoms with Crippen molar-refractivity contribution in [3.8, 4) is 11.5 Å². The first-order valence-electron chi connectivity index (χ1n) is 9.59. The van der Waals surface area contributed by atoms with Crippen LogP contribution in [0.25, 0.3) is 0 Å². The zero-order chi connectivity index (χ0) is 17.6. The summed E-state index contributed by atoms with van der Waals surface area (Å²) in [4.78, 5) is 0. The van der Waals surface area contributed by atoms with Crippen molar-refractivity contribution in [1.82, 2.24) is 0 Å². The molecule has 3 aliphatic rings. The number of aryl methyl sites for hydroxylation is 1. The molecular formula is C22H30O3. The average Bonchev–Trinajstić information content (AvgIpc) is 2.94. The van der Waals surface area contributed by atoms with E-state index in [0.29, 0.717) is 11.3 Å². The maximum absolute atomic E-state index is 5.72. The fraction of sp³-hybridized carbons (Fsp3) is 0.636. The predicted octanol–water partition coefficient (Wildman–Crippen LogP) is 5.09. The minimum Gasteiger partial charge on any atom is -0.493 e. The smallest absolute Gasteiger partial charge is 0.188 e. The molecule has 0 radical (unpaired) electrons. The normalized spacial score (nSPS) is 33.4. The van der Waals surface area contributed by atoms with Gasteiger partial charge in [0.1, 0.15) is 0 Å². The van der Waals surface area contributed by atoms with Gasteiger partial charge in [0.15, 0.2) is 18.3 Å². The second kappa shape index (κ2) is 6.35. The predicted molar refractivity (Wildman–Crippen MR) is 99.3 cm³/mol. The van der Waals surface area contributed by atoms with E-state index in [1.54, 1.807) is 14.2 Å². The largest absolute Gasteiger partial charge is 0.493 e. The molecule has 3 heteroatoms. The van der Waals surface area contributed by atoms with Crippen LogP contribution in [-0.2, 0) is 11.2 Å². The molecule has 0 heterocycles. The lowest BCUT2D eigenvalue weighted by Gasteiger charge is -2.49. The zero-order valence-corrected chi connectivity index (χ0v) is 15.8. The summed E-state index contributed by atoms with van der Waals surface area (Å²) in [5.74, 6) is 3.90. The Morgan fingerprint density at radius 3 is 2.72 bits per heavy atom. The fourth-order valence-electron chi connectivity index (χ4n) is 5.88. The van der Waals surface area contributed by atoms with Gasteiger partial charge in [0.25, 0.3) is 0 Å². The molecule has 1 aromatic carbocycles. The summed E-state index contributed by atoms with van der Waals surface area (Å²) in [5.41, 5.74) is 4.82. The topological polar surface area (TPSA) is 27.7 Å².